The first-order valence-electron chi connectivity index (χ1n) is 9.15. The Morgan fingerprint density at radius 3 is 2.32 bits per heavy atom. The molecule has 2 rings (SSSR count). The van der Waals surface area contributed by atoms with Gasteiger partial charge in [0.05, 0.1) is 12.2 Å². The van der Waals surface area contributed by atoms with Crippen molar-refractivity contribution in [1.82, 2.24) is 10.3 Å². The number of hydrogen-bond donors (Lipinski definition) is 2. The molecule has 0 aliphatic rings. The molecule has 0 spiro atoms. The van der Waals surface area contributed by atoms with E-state index >= 15 is 0 Å². The minimum absolute atomic E-state index is 0.211. The maximum atomic E-state index is 12.5. The topological polar surface area (TPSA) is 97.5 Å². The van der Waals surface area contributed by atoms with Gasteiger partial charge in [0, 0.05) is 12.2 Å². The Labute approximate surface area is 164 Å². The molecular weight excluding hydrogens is 360 g/mol. The van der Waals surface area contributed by atoms with Crippen molar-refractivity contribution in [3.63, 3.8) is 0 Å². The number of H-pyrrole nitrogens is 1. The van der Waals surface area contributed by atoms with Crippen LogP contribution in [0.25, 0.3) is 0 Å². The van der Waals surface area contributed by atoms with E-state index in [0.29, 0.717) is 17.8 Å². The number of carbonyl (C=O) groups is 3. The second-order valence-electron chi connectivity index (χ2n) is 6.60. The zero-order chi connectivity index (χ0) is 20.8. The van der Waals surface area contributed by atoms with Crippen LogP contribution in [0.15, 0.2) is 24.3 Å². The highest BCUT2D eigenvalue weighted by atomic mass is 16.5. The van der Waals surface area contributed by atoms with Gasteiger partial charge < -0.3 is 19.8 Å². The van der Waals surface area contributed by atoms with Crippen LogP contribution in [0.4, 0.5) is 0 Å². The van der Waals surface area contributed by atoms with Gasteiger partial charge in [-0.1, -0.05) is 29.8 Å². The second kappa shape index (κ2) is 9.21. The maximum absolute atomic E-state index is 12.5. The molecule has 1 amide bonds. The number of ether oxygens (including phenoxy) is 2. The lowest BCUT2D eigenvalue weighted by Gasteiger charge is -2.14. The van der Waals surface area contributed by atoms with E-state index in [1.807, 2.05) is 31.2 Å². The van der Waals surface area contributed by atoms with Gasteiger partial charge in [0.2, 0.25) is 0 Å². The number of hydrogen-bond acceptors (Lipinski definition) is 5. The number of carbonyl (C=O) groups excluding carboxylic acids is 3. The number of esters is 2. The number of benzene rings is 1. The Kier molecular flexibility index (Phi) is 6.98. The molecule has 0 saturated carbocycles. The number of nitrogens with one attached hydrogen (secondary N) is 2. The fraction of sp³-hybridized carbons (Fsp3) is 0.381. The van der Waals surface area contributed by atoms with Crippen LogP contribution in [-0.4, -0.2) is 35.5 Å². The van der Waals surface area contributed by atoms with E-state index in [1.165, 1.54) is 6.92 Å². The quantitative estimate of drug-likeness (QED) is 0.713. The fourth-order valence-electron chi connectivity index (χ4n) is 2.78. The average molecular weight is 386 g/mol. The van der Waals surface area contributed by atoms with Crippen molar-refractivity contribution < 1.29 is 23.9 Å². The third-order valence-corrected chi connectivity index (χ3v) is 4.36. The van der Waals surface area contributed by atoms with Crippen LogP contribution in [0, 0.1) is 20.8 Å². The first kappa shape index (κ1) is 21.2. The molecule has 7 nitrogen and oxygen atoms in total. The van der Waals surface area contributed by atoms with E-state index in [2.05, 4.69) is 10.3 Å². The Hall–Kier alpha value is -3.09. The molecule has 0 fully saturated rings. The van der Waals surface area contributed by atoms with E-state index in [0.717, 1.165) is 11.1 Å². The number of aryl methyl sites for hydroxylation is 2. The van der Waals surface area contributed by atoms with Crippen molar-refractivity contribution in [3.05, 3.63) is 57.9 Å². The van der Waals surface area contributed by atoms with E-state index in [9.17, 15) is 14.4 Å². The van der Waals surface area contributed by atoms with Gasteiger partial charge in [-0.05, 0) is 45.7 Å². The van der Waals surface area contributed by atoms with E-state index < -0.39 is 23.9 Å². The summed E-state index contributed by atoms with van der Waals surface area (Å²) in [5.74, 6) is -1.60. The third-order valence-electron chi connectivity index (χ3n) is 4.36. The van der Waals surface area contributed by atoms with Crippen molar-refractivity contribution in [3.8, 4) is 0 Å². The van der Waals surface area contributed by atoms with Crippen molar-refractivity contribution in [2.45, 2.75) is 47.3 Å². The van der Waals surface area contributed by atoms with Crippen LogP contribution in [-0.2, 0) is 20.8 Å². The minimum atomic E-state index is -0.974. The molecule has 0 radical (unpaired) electrons. The summed E-state index contributed by atoms with van der Waals surface area (Å²) in [6.45, 7) is 9.07. The molecule has 28 heavy (non-hydrogen) atoms. The average Bonchev–Trinajstić information content (AvgIpc) is 2.95. The van der Waals surface area contributed by atoms with Crippen LogP contribution < -0.4 is 5.32 Å². The van der Waals surface area contributed by atoms with Crippen molar-refractivity contribution in [2.24, 2.45) is 0 Å². The van der Waals surface area contributed by atoms with Gasteiger partial charge in [-0.2, -0.15) is 0 Å². The molecule has 0 aliphatic heterocycles. The summed E-state index contributed by atoms with van der Waals surface area (Å²) in [4.78, 5) is 39.6. The number of aromatic amines is 1. The van der Waals surface area contributed by atoms with Gasteiger partial charge >= 0.3 is 11.9 Å². The lowest BCUT2D eigenvalue weighted by Crippen LogP contribution is -2.35. The predicted molar refractivity (Wildman–Crippen MR) is 104 cm³/mol. The lowest BCUT2D eigenvalue weighted by molar-refractivity contribution is -0.129. The molecule has 2 N–H and O–H groups in total. The van der Waals surface area contributed by atoms with Crippen molar-refractivity contribution in [1.29, 1.82) is 0 Å². The maximum Gasteiger partial charge on any atom is 0.355 e. The molecule has 1 atom stereocenters. The third kappa shape index (κ3) is 5.00. The summed E-state index contributed by atoms with van der Waals surface area (Å²) in [7, 11) is 0. The molecule has 1 aromatic carbocycles. The second-order valence-corrected chi connectivity index (χ2v) is 6.60. The van der Waals surface area contributed by atoms with Gasteiger partial charge in [-0.25, -0.2) is 9.59 Å². The first-order chi connectivity index (χ1) is 13.2. The summed E-state index contributed by atoms with van der Waals surface area (Å²) in [5.41, 5.74) is 3.46. The normalized spacial score (nSPS) is 11.6. The Morgan fingerprint density at radius 2 is 1.71 bits per heavy atom. The summed E-state index contributed by atoms with van der Waals surface area (Å²) in [6.07, 6.45) is -0.974. The molecule has 2 aromatic rings. The predicted octanol–water partition coefficient (Wildman–Crippen LogP) is 2.98. The Balaban J connectivity index is 2.00. The van der Waals surface area contributed by atoms with Gasteiger partial charge in [-0.15, -0.1) is 0 Å². The molecule has 1 aromatic heterocycles. The first-order valence-corrected chi connectivity index (χ1v) is 9.15. The van der Waals surface area contributed by atoms with Gasteiger partial charge in [0.25, 0.3) is 5.91 Å². The molecule has 150 valence electrons. The van der Waals surface area contributed by atoms with Gasteiger partial charge in [-0.3, -0.25) is 4.79 Å². The number of aromatic nitrogens is 1. The standard InChI is InChI=1S/C21H26N2O5/c1-6-27-21(26)18-13(3)17(14(4)23-18)20(25)28-15(5)19(24)22-11-16-9-7-12(2)8-10-16/h7-10,15,23H,6,11H2,1-5H3,(H,22,24)/t15-/m0/s1. The van der Waals surface area contributed by atoms with Crippen LogP contribution >= 0.6 is 0 Å². The summed E-state index contributed by atoms with van der Waals surface area (Å²) < 4.78 is 10.3. The monoisotopic (exact) mass is 386 g/mol. The van der Waals surface area contributed by atoms with Crippen LogP contribution in [0.1, 0.15) is 57.1 Å². The highest BCUT2D eigenvalue weighted by molar-refractivity contribution is 5.99. The molecule has 0 bridgehead atoms. The van der Waals surface area contributed by atoms with E-state index in [4.69, 9.17) is 9.47 Å². The summed E-state index contributed by atoms with van der Waals surface area (Å²) >= 11 is 0. The van der Waals surface area contributed by atoms with Gasteiger partial charge in [0.1, 0.15) is 5.69 Å². The zero-order valence-electron chi connectivity index (χ0n) is 16.8. The highest BCUT2D eigenvalue weighted by Crippen LogP contribution is 2.20. The molecule has 0 saturated heterocycles. The van der Waals surface area contributed by atoms with Crippen molar-refractivity contribution >= 4 is 17.8 Å². The fourth-order valence-corrected chi connectivity index (χ4v) is 2.78. The lowest BCUT2D eigenvalue weighted by atomic mass is 10.1. The molecule has 0 unspecified atom stereocenters. The number of rotatable bonds is 7. The number of amides is 1. The zero-order valence-corrected chi connectivity index (χ0v) is 16.8. The molecule has 7 heteroatoms. The largest absolute Gasteiger partial charge is 0.461 e. The molecule has 0 aliphatic carbocycles. The minimum Gasteiger partial charge on any atom is -0.461 e. The van der Waals surface area contributed by atoms with Crippen molar-refractivity contribution in [2.75, 3.05) is 6.61 Å². The van der Waals surface area contributed by atoms with E-state index in [1.54, 1.807) is 20.8 Å². The molecular formula is C21H26N2O5. The van der Waals surface area contributed by atoms with Gasteiger partial charge in [0.15, 0.2) is 6.10 Å². The Morgan fingerprint density at radius 1 is 1.07 bits per heavy atom. The van der Waals surface area contributed by atoms with Crippen LogP contribution in [0.3, 0.4) is 0 Å². The smallest absolute Gasteiger partial charge is 0.355 e. The Bertz CT molecular complexity index is 868. The summed E-state index contributed by atoms with van der Waals surface area (Å²) in [5, 5.41) is 2.75. The van der Waals surface area contributed by atoms with E-state index in [-0.39, 0.29) is 17.9 Å². The summed E-state index contributed by atoms with van der Waals surface area (Å²) in [6, 6.07) is 7.78. The highest BCUT2D eigenvalue weighted by Gasteiger charge is 2.26. The van der Waals surface area contributed by atoms with Crippen LogP contribution in [0.5, 0.6) is 0 Å². The SMILES string of the molecule is CCOC(=O)c1[nH]c(C)c(C(=O)O[C@@H](C)C(=O)NCc2ccc(C)cc2)c1C. The van der Waals surface area contributed by atoms with Crippen LogP contribution in [0.2, 0.25) is 0 Å². The molecule has 1 heterocycles.